The van der Waals surface area contributed by atoms with E-state index in [-0.39, 0.29) is 6.42 Å². The monoisotopic (exact) mass is 165 g/mol. The first-order valence-electron chi connectivity index (χ1n) is 3.97. The lowest BCUT2D eigenvalue weighted by Gasteiger charge is -2.37. The fraction of sp³-hybridized carbons (Fsp3) is 1.00. The molecule has 1 rings (SSSR count). The van der Waals surface area contributed by atoms with E-state index < -0.39 is 30.4 Å². The maximum absolute atomic E-state index is 9.28. The van der Waals surface area contributed by atoms with Gasteiger partial charge in [-0.15, -0.1) is 0 Å². The molecule has 0 saturated heterocycles. The molecule has 0 aromatic heterocycles. The minimum absolute atomic E-state index is 0.123. The Morgan fingerprint density at radius 3 is 2.45 bits per heavy atom. The minimum atomic E-state index is -2.20. The van der Waals surface area contributed by atoms with E-state index in [1.165, 1.54) is 0 Å². The molecule has 5 heteroatoms. The molecule has 5 atom stereocenters. The third-order valence-electron chi connectivity index (χ3n) is 1.97. The van der Waals surface area contributed by atoms with Crippen molar-refractivity contribution in [1.82, 2.24) is 0 Å². The van der Waals surface area contributed by atoms with Crippen molar-refractivity contribution in [2.45, 2.75) is 36.8 Å². The van der Waals surface area contributed by atoms with E-state index >= 15 is 0 Å². The summed E-state index contributed by atoms with van der Waals surface area (Å²) < 4.78 is 7.22. The largest absolute Gasteiger partial charge is 0.389 e. The fourth-order valence-electron chi connectivity index (χ4n) is 1.18. The predicted molar refractivity (Wildman–Crippen MR) is 38.6 cm³/mol. The molecule has 11 heavy (non-hydrogen) atoms. The Morgan fingerprint density at radius 2 is 1.91 bits per heavy atom. The van der Waals surface area contributed by atoms with Crippen LogP contribution in [0.1, 0.15) is 7.79 Å². The van der Waals surface area contributed by atoms with Crippen LogP contribution in [0.5, 0.6) is 0 Å². The van der Waals surface area contributed by atoms with Crippen molar-refractivity contribution in [3.05, 3.63) is 0 Å². The second-order valence-electron chi connectivity index (χ2n) is 2.87. The number of hydrogen-bond donors (Lipinski definition) is 5. The summed E-state index contributed by atoms with van der Waals surface area (Å²) in [5.74, 6) is 0. The Morgan fingerprint density at radius 1 is 1.36 bits per heavy atom. The molecule has 7 N–H and O–H groups in total. The van der Waals surface area contributed by atoms with Gasteiger partial charge in [-0.1, -0.05) is 0 Å². The van der Waals surface area contributed by atoms with Crippen molar-refractivity contribution in [3.8, 4) is 0 Å². The molecular formula is C6H14N2O3. The molecule has 1 saturated carbocycles. The van der Waals surface area contributed by atoms with Gasteiger partial charge in [0.2, 0.25) is 0 Å². The quantitative estimate of drug-likeness (QED) is 0.248. The molecule has 0 amide bonds. The average molecular weight is 165 g/mol. The Labute approximate surface area is 66.0 Å². The van der Waals surface area contributed by atoms with Crippen LogP contribution in [-0.4, -0.2) is 45.7 Å². The molecule has 0 radical (unpaired) electrons. The Kier molecular flexibility index (Phi) is 2.06. The highest BCUT2D eigenvalue weighted by Gasteiger charge is 2.39. The Bertz CT molecular complexity index is 178. The van der Waals surface area contributed by atoms with Crippen molar-refractivity contribution in [3.63, 3.8) is 0 Å². The number of rotatable bonds is 0. The summed E-state index contributed by atoms with van der Waals surface area (Å²) in [6, 6.07) is -1.61. The number of hydrogen-bond acceptors (Lipinski definition) is 5. The SMILES string of the molecule is [2H][C@]1(O)[C@H]([18OH])[C@@H](O)[C@H](N)C[C@@H]1N. The number of nitrogens with two attached hydrogens (primary N) is 2. The molecule has 0 aromatic carbocycles. The lowest BCUT2D eigenvalue weighted by molar-refractivity contribution is -0.100. The van der Waals surface area contributed by atoms with Gasteiger partial charge in [-0.3, -0.25) is 0 Å². The zero-order chi connectivity index (χ0) is 9.52. The van der Waals surface area contributed by atoms with Gasteiger partial charge in [0, 0.05) is 12.1 Å². The highest BCUT2D eigenvalue weighted by molar-refractivity contribution is 4.96. The highest BCUT2D eigenvalue weighted by Crippen LogP contribution is 2.17. The van der Waals surface area contributed by atoms with Crippen molar-refractivity contribution < 1.29 is 16.7 Å². The van der Waals surface area contributed by atoms with Crippen LogP contribution in [0.15, 0.2) is 0 Å². The first kappa shape index (κ1) is 7.45. The summed E-state index contributed by atoms with van der Waals surface area (Å²) in [5, 5.41) is 27.7. The minimum Gasteiger partial charge on any atom is -0.389 e. The van der Waals surface area contributed by atoms with E-state index in [0.717, 1.165) is 0 Å². The van der Waals surface area contributed by atoms with E-state index in [1.54, 1.807) is 0 Å². The first-order chi connectivity index (χ1) is 5.37. The molecule has 0 spiro atoms. The van der Waals surface area contributed by atoms with Gasteiger partial charge in [0.1, 0.15) is 6.10 Å². The summed E-state index contributed by atoms with van der Waals surface area (Å²) in [6.07, 6.45) is -4.96. The van der Waals surface area contributed by atoms with E-state index in [0.29, 0.717) is 0 Å². The predicted octanol–water partition coefficient (Wildman–Crippen LogP) is -2.87. The van der Waals surface area contributed by atoms with Crippen LogP contribution < -0.4 is 11.5 Å². The average Bonchev–Trinajstić information content (AvgIpc) is 1.99. The van der Waals surface area contributed by atoms with Gasteiger partial charge in [-0.05, 0) is 6.42 Å². The normalized spacial score (nSPS) is 60.6. The van der Waals surface area contributed by atoms with E-state index in [1.807, 2.05) is 0 Å². The van der Waals surface area contributed by atoms with Gasteiger partial charge in [0.15, 0.2) is 0 Å². The van der Waals surface area contributed by atoms with Crippen LogP contribution in [-0.2, 0) is 0 Å². The van der Waals surface area contributed by atoms with Gasteiger partial charge < -0.3 is 26.8 Å². The van der Waals surface area contributed by atoms with Crippen LogP contribution in [0, 0.1) is 0 Å². The van der Waals surface area contributed by atoms with E-state index in [4.69, 9.17) is 12.8 Å². The lowest BCUT2D eigenvalue weighted by atomic mass is 9.86. The molecule has 0 bridgehead atoms. The summed E-state index contributed by atoms with van der Waals surface area (Å²) in [4.78, 5) is 0. The number of aliphatic hydroxyl groups excluding tert-OH is 2. The third-order valence-corrected chi connectivity index (χ3v) is 1.97. The fourth-order valence-corrected chi connectivity index (χ4v) is 1.18. The van der Waals surface area contributed by atoms with E-state index in [2.05, 4.69) is 0 Å². The van der Waals surface area contributed by atoms with Gasteiger partial charge in [-0.25, -0.2) is 0 Å². The molecular weight excluding hydrogens is 150 g/mol. The summed E-state index contributed by atoms with van der Waals surface area (Å²) in [7, 11) is 0. The standard InChI is InChI=1S/C6H14N2O3/c7-2-1-3(8)5(10)6(11)4(2)9/h2-6,9-11H,1,7-8H2/t2-,3+,4+,5-,6-/i4D,11+2/m0/s1. The van der Waals surface area contributed by atoms with Gasteiger partial charge in [0.05, 0.1) is 13.6 Å². The van der Waals surface area contributed by atoms with Crippen LogP contribution in [0.4, 0.5) is 0 Å². The molecule has 1 fully saturated rings. The zero-order valence-electron chi connectivity index (χ0n) is 7.01. The molecule has 0 aliphatic heterocycles. The van der Waals surface area contributed by atoms with Crippen LogP contribution >= 0.6 is 0 Å². The topological polar surface area (TPSA) is 113 Å². The Hall–Kier alpha value is -0.200. The van der Waals surface area contributed by atoms with Gasteiger partial charge in [0.25, 0.3) is 0 Å². The van der Waals surface area contributed by atoms with Crippen molar-refractivity contribution in [1.29, 1.82) is 0 Å². The molecule has 5 nitrogen and oxygen atoms in total. The second-order valence-corrected chi connectivity index (χ2v) is 2.87. The van der Waals surface area contributed by atoms with Crippen molar-refractivity contribution in [2.75, 3.05) is 0 Å². The molecule has 1 aliphatic rings. The van der Waals surface area contributed by atoms with Crippen molar-refractivity contribution >= 4 is 0 Å². The summed E-state index contributed by atoms with van der Waals surface area (Å²) >= 11 is 0. The second kappa shape index (κ2) is 3.04. The van der Waals surface area contributed by atoms with Gasteiger partial charge >= 0.3 is 0 Å². The molecule has 66 valence electrons. The van der Waals surface area contributed by atoms with Crippen LogP contribution in [0.2, 0.25) is 0 Å². The zero-order valence-corrected chi connectivity index (χ0v) is 6.01. The maximum atomic E-state index is 9.28. The van der Waals surface area contributed by atoms with Crippen LogP contribution in [0.3, 0.4) is 0 Å². The number of aliphatic hydroxyl groups is 3. The summed E-state index contributed by atoms with van der Waals surface area (Å²) in [5.41, 5.74) is 10.8. The molecule has 0 aromatic rings. The lowest BCUT2D eigenvalue weighted by Crippen LogP contribution is -2.61. The smallest absolute Gasteiger partial charge is 0.109 e. The highest BCUT2D eigenvalue weighted by atomic mass is 18.2. The summed E-state index contributed by atoms with van der Waals surface area (Å²) in [6.45, 7) is 0. The van der Waals surface area contributed by atoms with Crippen LogP contribution in [0.25, 0.3) is 0 Å². The first-order valence-corrected chi connectivity index (χ1v) is 3.47. The van der Waals surface area contributed by atoms with E-state index in [9.17, 15) is 15.3 Å². The molecule has 1 aliphatic carbocycles. The third kappa shape index (κ3) is 1.52. The molecule has 0 unspecified atom stereocenters. The molecule has 0 heterocycles. The van der Waals surface area contributed by atoms with Crippen molar-refractivity contribution in [2.24, 2.45) is 11.5 Å². The Balaban J connectivity index is 2.80. The maximum Gasteiger partial charge on any atom is 0.109 e. The van der Waals surface area contributed by atoms with Gasteiger partial charge in [-0.2, -0.15) is 0 Å².